The minimum absolute atomic E-state index is 0.0225. The topological polar surface area (TPSA) is 59.6 Å². The summed E-state index contributed by atoms with van der Waals surface area (Å²) in [5, 5.41) is 6.07. The summed E-state index contributed by atoms with van der Waals surface area (Å²) in [6.45, 7) is 5.60. The van der Waals surface area contributed by atoms with Crippen molar-refractivity contribution in [1.29, 1.82) is 0 Å². The van der Waals surface area contributed by atoms with Gasteiger partial charge in [0.25, 0.3) is 0 Å². The second kappa shape index (κ2) is 9.37. The summed E-state index contributed by atoms with van der Waals surface area (Å²) < 4.78 is 10.5. The zero-order chi connectivity index (χ0) is 15.7. The number of rotatable bonds is 9. The molecular weight excluding hydrogens is 268 g/mol. The van der Waals surface area contributed by atoms with Crippen LogP contribution in [0.3, 0.4) is 0 Å². The van der Waals surface area contributed by atoms with Crippen LogP contribution < -0.4 is 15.4 Å². The van der Waals surface area contributed by atoms with Gasteiger partial charge < -0.3 is 20.1 Å². The van der Waals surface area contributed by atoms with Crippen LogP contribution in [0.5, 0.6) is 5.75 Å². The van der Waals surface area contributed by atoms with Crippen molar-refractivity contribution in [1.82, 2.24) is 10.6 Å². The molecule has 1 atom stereocenters. The monoisotopic (exact) mass is 294 g/mol. The van der Waals surface area contributed by atoms with Crippen LogP contribution >= 0.6 is 0 Å². The van der Waals surface area contributed by atoms with Crippen LogP contribution in [0.2, 0.25) is 0 Å². The molecule has 21 heavy (non-hydrogen) atoms. The first-order chi connectivity index (χ1) is 10.1. The van der Waals surface area contributed by atoms with Crippen LogP contribution in [-0.2, 0) is 16.1 Å². The van der Waals surface area contributed by atoms with E-state index in [1.807, 2.05) is 32.0 Å². The van der Waals surface area contributed by atoms with Crippen molar-refractivity contribution in [3.8, 4) is 5.75 Å². The first-order valence-corrected chi connectivity index (χ1v) is 7.28. The van der Waals surface area contributed by atoms with Gasteiger partial charge in [-0.25, -0.2) is 0 Å². The number of carbonyl (C=O) groups is 1. The molecule has 1 aromatic rings. The van der Waals surface area contributed by atoms with Gasteiger partial charge in [0.2, 0.25) is 5.91 Å². The summed E-state index contributed by atoms with van der Waals surface area (Å²) in [6.07, 6.45) is 0.945. The third kappa shape index (κ3) is 5.73. The van der Waals surface area contributed by atoms with Gasteiger partial charge in [-0.2, -0.15) is 0 Å². The van der Waals surface area contributed by atoms with Gasteiger partial charge in [-0.05, 0) is 31.0 Å². The highest BCUT2D eigenvalue weighted by atomic mass is 16.5. The number of hydrogen-bond donors (Lipinski definition) is 2. The minimum Gasteiger partial charge on any atom is -0.496 e. The van der Waals surface area contributed by atoms with Gasteiger partial charge >= 0.3 is 0 Å². The Balaban J connectivity index is 2.63. The third-order valence-electron chi connectivity index (χ3n) is 3.25. The van der Waals surface area contributed by atoms with Gasteiger partial charge in [0.1, 0.15) is 5.75 Å². The van der Waals surface area contributed by atoms with Crippen molar-refractivity contribution in [2.24, 2.45) is 0 Å². The highest BCUT2D eigenvalue weighted by molar-refractivity contribution is 5.77. The molecule has 0 radical (unpaired) electrons. The molecule has 1 amide bonds. The molecule has 0 fully saturated rings. The van der Waals surface area contributed by atoms with E-state index in [0.29, 0.717) is 13.2 Å². The molecule has 5 heteroatoms. The Hall–Kier alpha value is -1.59. The quantitative estimate of drug-likeness (QED) is 0.731. The van der Waals surface area contributed by atoms with Crippen LogP contribution in [0.15, 0.2) is 18.2 Å². The van der Waals surface area contributed by atoms with E-state index in [0.717, 1.165) is 29.8 Å². The summed E-state index contributed by atoms with van der Waals surface area (Å²) in [6, 6.07) is 6.06. The van der Waals surface area contributed by atoms with Crippen LogP contribution in [0.4, 0.5) is 0 Å². The summed E-state index contributed by atoms with van der Waals surface area (Å²) in [4.78, 5) is 11.6. The minimum atomic E-state index is 0.0225. The fourth-order valence-corrected chi connectivity index (χ4v) is 2.03. The Kier molecular flexibility index (Phi) is 7.79. The lowest BCUT2D eigenvalue weighted by atomic mass is 10.0. The van der Waals surface area contributed by atoms with Crippen LogP contribution in [0.25, 0.3) is 0 Å². The smallest absolute Gasteiger partial charge is 0.233 e. The SMILES string of the molecule is CCCNC(=O)CNC(C)c1ccc(OC)c(COC)c1. The van der Waals surface area contributed by atoms with Crippen molar-refractivity contribution in [2.75, 3.05) is 27.3 Å². The summed E-state index contributed by atoms with van der Waals surface area (Å²) in [7, 11) is 3.31. The summed E-state index contributed by atoms with van der Waals surface area (Å²) >= 11 is 0. The number of nitrogens with one attached hydrogen (secondary N) is 2. The predicted molar refractivity (Wildman–Crippen MR) is 83.4 cm³/mol. The van der Waals surface area contributed by atoms with Crippen LogP contribution in [0, 0.1) is 0 Å². The average Bonchev–Trinajstić information content (AvgIpc) is 2.50. The molecule has 1 aromatic carbocycles. The number of ether oxygens (including phenoxy) is 2. The summed E-state index contributed by atoms with van der Waals surface area (Å²) in [5.74, 6) is 0.836. The normalized spacial score (nSPS) is 12.0. The Bertz CT molecular complexity index is 449. The maximum absolute atomic E-state index is 11.6. The van der Waals surface area contributed by atoms with E-state index in [4.69, 9.17) is 9.47 Å². The maximum Gasteiger partial charge on any atom is 0.233 e. The molecule has 0 aliphatic heterocycles. The molecule has 5 nitrogen and oxygen atoms in total. The molecule has 0 aliphatic carbocycles. The molecule has 2 N–H and O–H groups in total. The second-order valence-electron chi connectivity index (χ2n) is 4.96. The van der Waals surface area contributed by atoms with Crippen molar-refractivity contribution in [3.63, 3.8) is 0 Å². The molecule has 1 rings (SSSR count). The third-order valence-corrected chi connectivity index (χ3v) is 3.25. The Labute approximate surface area is 127 Å². The fraction of sp³-hybridized carbons (Fsp3) is 0.562. The zero-order valence-corrected chi connectivity index (χ0v) is 13.4. The number of carbonyl (C=O) groups excluding carboxylic acids is 1. The molecule has 0 saturated carbocycles. The second-order valence-corrected chi connectivity index (χ2v) is 4.96. The van der Waals surface area contributed by atoms with E-state index in [2.05, 4.69) is 10.6 Å². The first-order valence-electron chi connectivity index (χ1n) is 7.28. The lowest BCUT2D eigenvalue weighted by molar-refractivity contribution is -0.120. The van der Waals surface area contributed by atoms with Crippen molar-refractivity contribution in [3.05, 3.63) is 29.3 Å². The van der Waals surface area contributed by atoms with Crippen LogP contribution in [0.1, 0.15) is 37.4 Å². The van der Waals surface area contributed by atoms with Gasteiger partial charge in [-0.3, -0.25) is 4.79 Å². The Morgan fingerprint density at radius 1 is 1.33 bits per heavy atom. The van der Waals surface area contributed by atoms with Crippen molar-refractivity contribution >= 4 is 5.91 Å². The zero-order valence-electron chi connectivity index (χ0n) is 13.4. The van der Waals surface area contributed by atoms with Gasteiger partial charge in [0, 0.05) is 25.3 Å². The number of hydrogen-bond acceptors (Lipinski definition) is 4. The number of benzene rings is 1. The average molecular weight is 294 g/mol. The van der Waals surface area contributed by atoms with E-state index in [9.17, 15) is 4.79 Å². The Morgan fingerprint density at radius 2 is 2.10 bits per heavy atom. The molecular formula is C16H26N2O3. The highest BCUT2D eigenvalue weighted by Crippen LogP contribution is 2.23. The molecule has 0 saturated heterocycles. The van der Waals surface area contributed by atoms with E-state index in [-0.39, 0.29) is 11.9 Å². The van der Waals surface area contributed by atoms with Gasteiger partial charge in [0.15, 0.2) is 0 Å². The van der Waals surface area contributed by atoms with E-state index in [1.165, 1.54) is 0 Å². The van der Waals surface area contributed by atoms with E-state index < -0.39 is 0 Å². The summed E-state index contributed by atoms with van der Waals surface area (Å²) in [5.41, 5.74) is 2.10. The van der Waals surface area contributed by atoms with Gasteiger partial charge in [-0.15, -0.1) is 0 Å². The molecule has 0 heterocycles. The number of amides is 1. The molecule has 0 spiro atoms. The van der Waals surface area contributed by atoms with Crippen molar-refractivity contribution < 1.29 is 14.3 Å². The first kappa shape index (κ1) is 17.5. The van der Waals surface area contributed by atoms with E-state index >= 15 is 0 Å². The van der Waals surface area contributed by atoms with Crippen molar-refractivity contribution in [2.45, 2.75) is 32.9 Å². The molecule has 118 valence electrons. The predicted octanol–water partition coefficient (Wildman–Crippen LogP) is 2.02. The Morgan fingerprint density at radius 3 is 2.71 bits per heavy atom. The number of methoxy groups -OCH3 is 2. The highest BCUT2D eigenvalue weighted by Gasteiger charge is 2.10. The lowest BCUT2D eigenvalue weighted by Crippen LogP contribution is -2.35. The molecule has 1 unspecified atom stereocenters. The van der Waals surface area contributed by atoms with Gasteiger partial charge in [0.05, 0.1) is 20.3 Å². The molecule has 0 bridgehead atoms. The van der Waals surface area contributed by atoms with Crippen LogP contribution in [-0.4, -0.2) is 33.2 Å². The van der Waals surface area contributed by atoms with Gasteiger partial charge in [-0.1, -0.05) is 13.0 Å². The molecule has 0 aliphatic rings. The maximum atomic E-state index is 11.6. The molecule has 0 aromatic heterocycles. The standard InChI is InChI=1S/C16H26N2O3/c1-5-8-17-16(19)10-18-12(2)13-6-7-15(21-4)14(9-13)11-20-3/h6-7,9,12,18H,5,8,10-11H2,1-4H3,(H,17,19). The lowest BCUT2D eigenvalue weighted by Gasteiger charge is -2.16. The largest absolute Gasteiger partial charge is 0.496 e. The fourth-order valence-electron chi connectivity index (χ4n) is 2.03. The van der Waals surface area contributed by atoms with E-state index in [1.54, 1.807) is 14.2 Å².